The second-order valence-corrected chi connectivity index (χ2v) is 7.50. The summed E-state index contributed by atoms with van der Waals surface area (Å²) in [7, 11) is -1.12. The summed E-state index contributed by atoms with van der Waals surface area (Å²) in [6, 6.07) is 8.75. The molecule has 0 saturated carbocycles. The number of carbonyl (C=O) groups is 1. The molecule has 2 aromatic rings. The summed E-state index contributed by atoms with van der Waals surface area (Å²) in [5, 5.41) is 0. The summed E-state index contributed by atoms with van der Waals surface area (Å²) in [4.78, 5) is 14.3. The van der Waals surface area contributed by atoms with Crippen molar-refractivity contribution in [2.45, 2.75) is 11.3 Å². The van der Waals surface area contributed by atoms with Crippen molar-refractivity contribution < 1.29 is 32.2 Å². The zero-order valence-corrected chi connectivity index (χ0v) is 16.2. The molecule has 3 rings (SSSR count). The normalized spacial score (nSPS) is 13.4. The minimum Gasteiger partial charge on any atom is -0.497 e. The van der Waals surface area contributed by atoms with Crippen molar-refractivity contribution in [2.24, 2.45) is 0 Å². The van der Waals surface area contributed by atoms with Gasteiger partial charge in [0.05, 0.1) is 32.3 Å². The monoisotopic (exact) mass is 408 g/mol. The van der Waals surface area contributed by atoms with Crippen LogP contribution in [0.2, 0.25) is 0 Å². The van der Waals surface area contributed by atoms with Gasteiger partial charge in [-0.15, -0.1) is 4.83 Å². The van der Waals surface area contributed by atoms with Crippen molar-refractivity contribution in [3.05, 3.63) is 42.0 Å². The number of sulfonamides is 1. The van der Waals surface area contributed by atoms with E-state index in [1.165, 1.54) is 44.6 Å². The number of benzene rings is 2. The molecule has 28 heavy (non-hydrogen) atoms. The Labute approximate surface area is 162 Å². The Morgan fingerprint density at radius 3 is 2.25 bits per heavy atom. The Kier molecular flexibility index (Phi) is 5.90. The first-order chi connectivity index (χ1) is 13.4. The number of rotatable bonds is 6. The Morgan fingerprint density at radius 1 is 0.964 bits per heavy atom. The van der Waals surface area contributed by atoms with Crippen molar-refractivity contribution in [1.29, 1.82) is 0 Å². The van der Waals surface area contributed by atoms with E-state index in [0.29, 0.717) is 42.6 Å². The molecule has 0 fully saturated rings. The van der Waals surface area contributed by atoms with Crippen LogP contribution in [0, 0.1) is 0 Å². The molecule has 0 aromatic heterocycles. The summed E-state index contributed by atoms with van der Waals surface area (Å²) < 4.78 is 46.2. The molecule has 0 spiro atoms. The van der Waals surface area contributed by atoms with Gasteiger partial charge in [-0.3, -0.25) is 10.2 Å². The predicted octanol–water partition coefficient (Wildman–Crippen LogP) is 1.49. The minimum absolute atomic E-state index is 0.0692. The molecule has 9 nitrogen and oxygen atoms in total. The number of carbonyl (C=O) groups excluding carboxylic acids is 1. The third kappa shape index (κ3) is 4.46. The Bertz CT molecular complexity index is 954. The van der Waals surface area contributed by atoms with Gasteiger partial charge in [0, 0.05) is 24.1 Å². The van der Waals surface area contributed by atoms with Crippen LogP contribution in [0.1, 0.15) is 16.8 Å². The molecule has 1 amide bonds. The summed E-state index contributed by atoms with van der Waals surface area (Å²) >= 11 is 0. The van der Waals surface area contributed by atoms with Crippen molar-refractivity contribution in [3.8, 4) is 23.0 Å². The number of amides is 1. The molecule has 10 heteroatoms. The van der Waals surface area contributed by atoms with Crippen LogP contribution in [0.15, 0.2) is 41.3 Å². The molecule has 1 aliphatic rings. The number of ether oxygens (including phenoxy) is 4. The third-order valence-electron chi connectivity index (χ3n) is 3.94. The van der Waals surface area contributed by atoms with Crippen LogP contribution in [0.5, 0.6) is 23.0 Å². The van der Waals surface area contributed by atoms with E-state index in [2.05, 4.69) is 10.3 Å². The van der Waals surface area contributed by atoms with E-state index in [1.807, 2.05) is 0 Å². The molecule has 2 N–H and O–H groups in total. The summed E-state index contributed by atoms with van der Waals surface area (Å²) in [6.45, 7) is 0.926. The van der Waals surface area contributed by atoms with Crippen molar-refractivity contribution in [1.82, 2.24) is 10.3 Å². The zero-order valence-electron chi connectivity index (χ0n) is 15.4. The third-order valence-corrected chi connectivity index (χ3v) is 5.19. The first-order valence-corrected chi connectivity index (χ1v) is 9.86. The van der Waals surface area contributed by atoms with Crippen molar-refractivity contribution in [2.75, 3.05) is 27.4 Å². The standard InChI is InChI=1S/C18H20N2O7S/c1-24-13-8-12(9-14(10-13)25-2)18(21)19-20-28(22,23)15-4-5-16-17(11-15)27-7-3-6-26-16/h4-5,8-11,20H,3,6-7H2,1-2H3,(H,19,21). The SMILES string of the molecule is COc1cc(OC)cc(C(=O)NNS(=O)(=O)c2ccc3c(c2)OCCCO3)c1. The fraction of sp³-hybridized carbons (Fsp3) is 0.278. The lowest BCUT2D eigenvalue weighted by Gasteiger charge is -2.12. The average Bonchev–Trinajstić information content (AvgIpc) is 2.96. The quantitative estimate of drug-likeness (QED) is 0.697. The maximum atomic E-state index is 12.5. The van der Waals surface area contributed by atoms with Gasteiger partial charge < -0.3 is 18.9 Å². The van der Waals surface area contributed by atoms with Gasteiger partial charge in [-0.25, -0.2) is 8.42 Å². The fourth-order valence-electron chi connectivity index (χ4n) is 2.49. The van der Waals surface area contributed by atoms with Crippen molar-refractivity contribution in [3.63, 3.8) is 0 Å². The Hall–Kier alpha value is -2.98. The smallest absolute Gasteiger partial charge is 0.266 e. The number of methoxy groups -OCH3 is 2. The second-order valence-electron chi connectivity index (χ2n) is 5.82. The predicted molar refractivity (Wildman–Crippen MR) is 99.4 cm³/mol. The van der Waals surface area contributed by atoms with E-state index in [0.717, 1.165) is 0 Å². The number of nitrogens with one attached hydrogen (secondary N) is 2. The first-order valence-electron chi connectivity index (χ1n) is 8.38. The molecule has 0 radical (unpaired) electrons. The highest BCUT2D eigenvalue weighted by Gasteiger charge is 2.20. The number of hydrazine groups is 1. The van der Waals surface area contributed by atoms with Gasteiger partial charge in [0.2, 0.25) is 0 Å². The molecule has 0 saturated heterocycles. The zero-order chi connectivity index (χ0) is 20.1. The van der Waals surface area contributed by atoms with Crippen LogP contribution >= 0.6 is 0 Å². The lowest BCUT2D eigenvalue weighted by molar-refractivity contribution is 0.0944. The molecule has 0 unspecified atom stereocenters. The van der Waals surface area contributed by atoms with E-state index in [-0.39, 0.29) is 10.5 Å². The van der Waals surface area contributed by atoms with E-state index in [9.17, 15) is 13.2 Å². The highest BCUT2D eigenvalue weighted by atomic mass is 32.2. The molecular weight excluding hydrogens is 388 g/mol. The van der Waals surface area contributed by atoms with E-state index < -0.39 is 15.9 Å². The number of fused-ring (bicyclic) bond motifs is 1. The molecular formula is C18H20N2O7S. The van der Waals surface area contributed by atoms with E-state index in [4.69, 9.17) is 18.9 Å². The molecule has 2 aromatic carbocycles. The van der Waals surface area contributed by atoms with E-state index >= 15 is 0 Å². The van der Waals surface area contributed by atoms with Gasteiger partial charge in [0.1, 0.15) is 11.5 Å². The molecule has 150 valence electrons. The highest BCUT2D eigenvalue weighted by Crippen LogP contribution is 2.31. The number of hydrogen-bond acceptors (Lipinski definition) is 7. The van der Waals surface area contributed by atoms with Crippen molar-refractivity contribution >= 4 is 15.9 Å². The van der Waals surface area contributed by atoms with Crippen LogP contribution in [-0.2, 0) is 10.0 Å². The average molecular weight is 408 g/mol. The molecule has 0 aliphatic carbocycles. The van der Waals surface area contributed by atoms with E-state index in [1.54, 1.807) is 6.07 Å². The topological polar surface area (TPSA) is 112 Å². The fourth-order valence-corrected chi connectivity index (χ4v) is 3.35. The summed E-state index contributed by atoms with van der Waals surface area (Å²) in [5.41, 5.74) is 2.34. The molecule has 0 atom stereocenters. The number of hydrogen-bond donors (Lipinski definition) is 2. The lowest BCUT2D eigenvalue weighted by atomic mass is 10.2. The Balaban J connectivity index is 1.75. The molecule has 1 aliphatic heterocycles. The van der Waals surface area contributed by atoms with Gasteiger partial charge in [-0.1, -0.05) is 0 Å². The van der Waals surface area contributed by atoms with Gasteiger partial charge in [0.25, 0.3) is 15.9 Å². The van der Waals surface area contributed by atoms with Gasteiger partial charge in [-0.05, 0) is 24.3 Å². The Morgan fingerprint density at radius 2 is 1.61 bits per heavy atom. The van der Waals surface area contributed by atoms with Gasteiger partial charge in [-0.2, -0.15) is 0 Å². The van der Waals surface area contributed by atoms with Crippen LogP contribution in [-0.4, -0.2) is 41.8 Å². The minimum atomic E-state index is -4.02. The second kappa shape index (κ2) is 8.36. The van der Waals surface area contributed by atoms with Crippen LogP contribution in [0.25, 0.3) is 0 Å². The lowest BCUT2D eigenvalue weighted by Crippen LogP contribution is -2.41. The summed E-state index contributed by atoms with van der Waals surface area (Å²) in [5.74, 6) is 0.939. The molecule has 1 heterocycles. The first kappa shape index (κ1) is 19.8. The molecule has 0 bridgehead atoms. The maximum Gasteiger partial charge on any atom is 0.266 e. The highest BCUT2D eigenvalue weighted by molar-refractivity contribution is 7.89. The van der Waals surface area contributed by atoms with Crippen LogP contribution in [0.4, 0.5) is 0 Å². The van der Waals surface area contributed by atoms with Crippen LogP contribution in [0.3, 0.4) is 0 Å². The maximum absolute atomic E-state index is 12.5. The largest absolute Gasteiger partial charge is 0.497 e. The van der Waals surface area contributed by atoms with Crippen LogP contribution < -0.4 is 29.2 Å². The van der Waals surface area contributed by atoms with Gasteiger partial charge in [0.15, 0.2) is 11.5 Å². The van der Waals surface area contributed by atoms with Gasteiger partial charge >= 0.3 is 0 Å². The summed E-state index contributed by atoms with van der Waals surface area (Å²) in [6.07, 6.45) is 0.703.